The number of carbonyl (C=O) groups excluding carboxylic acids is 1. The molecule has 1 aromatic heterocycles. The van der Waals surface area contributed by atoms with E-state index < -0.39 is 5.97 Å². The van der Waals surface area contributed by atoms with Crippen LogP contribution in [0.3, 0.4) is 0 Å². The van der Waals surface area contributed by atoms with Crippen LogP contribution in [0.4, 0.5) is 5.69 Å². The number of benzene rings is 4. The van der Waals surface area contributed by atoms with Crippen LogP contribution in [0, 0.1) is 0 Å². The zero-order chi connectivity index (χ0) is 29.3. The Balaban J connectivity index is 1.37. The third-order valence-corrected chi connectivity index (χ3v) is 6.68. The molecular formula is C34H29N3O5. The van der Waals surface area contributed by atoms with E-state index in [9.17, 15) is 19.8 Å². The average Bonchev–Trinajstić information content (AvgIpc) is 3.03. The Morgan fingerprint density at radius 1 is 0.786 bits per heavy atom. The first kappa shape index (κ1) is 28.2. The van der Waals surface area contributed by atoms with Crippen molar-refractivity contribution in [3.63, 3.8) is 0 Å². The number of hydrogen-bond acceptors (Lipinski definition) is 6. The standard InChI is InChI=1S/C34H29N3O5/c38-19-7-12-26-21-31(36-37-32(26)25-10-6-11-27(20-25)34(40)41)29-13-4-5-14-30(29)35-33(39)24-15-17-28(18-16-24)42-22-23-8-2-1-3-9-23/h1-6,8-11,13-18,20-21,38H,7,12,19,22H2,(H,35,39)(H,40,41). The lowest BCUT2D eigenvalue weighted by atomic mass is 9.99. The Kier molecular flexibility index (Phi) is 8.96. The van der Waals surface area contributed by atoms with Gasteiger partial charge in [0.05, 0.1) is 22.6 Å². The number of amides is 1. The Bertz CT molecular complexity index is 1690. The van der Waals surface area contributed by atoms with Crippen molar-refractivity contribution in [3.05, 3.63) is 131 Å². The van der Waals surface area contributed by atoms with Gasteiger partial charge in [-0.15, -0.1) is 10.2 Å². The molecule has 8 nitrogen and oxygen atoms in total. The summed E-state index contributed by atoms with van der Waals surface area (Å²) in [5.41, 5.74) is 5.44. The van der Waals surface area contributed by atoms with Crippen LogP contribution in [0.25, 0.3) is 22.5 Å². The van der Waals surface area contributed by atoms with Crippen LogP contribution in [0.2, 0.25) is 0 Å². The first-order valence-corrected chi connectivity index (χ1v) is 13.5. The van der Waals surface area contributed by atoms with Crippen LogP contribution in [0.1, 0.15) is 38.3 Å². The molecule has 0 saturated heterocycles. The SMILES string of the molecule is O=C(O)c1cccc(-c2nnc(-c3ccccc3NC(=O)c3ccc(OCc4ccccc4)cc3)cc2CCCO)c1. The van der Waals surface area contributed by atoms with Gasteiger partial charge in [0.25, 0.3) is 5.91 Å². The first-order valence-electron chi connectivity index (χ1n) is 13.5. The Labute approximate surface area is 243 Å². The molecule has 8 heteroatoms. The largest absolute Gasteiger partial charge is 0.489 e. The maximum absolute atomic E-state index is 13.2. The lowest BCUT2D eigenvalue weighted by Crippen LogP contribution is -2.13. The molecule has 0 aliphatic carbocycles. The summed E-state index contributed by atoms with van der Waals surface area (Å²) in [4.78, 5) is 24.7. The van der Waals surface area contributed by atoms with E-state index in [2.05, 4.69) is 15.5 Å². The monoisotopic (exact) mass is 559 g/mol. The summed E-state index contributed by atoms with van der Waals surface area (Å²) in [6, 6.07) is 32.5. The highest BCUT2D eigenvalue weighted by Crippen LogP contribution is 2.31. The molecular weight excluding hydrogens is 530 g/mol. The molecule has 0 bridgehead atoms. The van der Waals surface area contributed by atoms with Crippen molar-refractivity contribution >= 4 is 17.6 Å². The Morgan fingerprint density at radius 2 is 1.55 bits per heavy atom. The predicted octanol–water partition coefficient (Wildman–Crippen LogP) is 6.27. The van der Waals surface area contributed by atoms with Gasteiger partial charge in [-0.05, 0) is 72.5 Å². The van der Waals surface area contributed by atoms with E-state index in [4.69, 9.17) is 4.74 Å². The van der Waals surface area contributed by atoms with Gasteiger partial charge in [-0.25, -0.2) is 4.79 Å². The van der Waals surface area contributed by atoms with E-state index in [1.54, 1.807) is 48.5 Å². The minimum absolute atomic E-state index is 0.00497. The number of nitrogens with zero attached hydrogens (tertiary/aromatic N) is 2. The summed E-state index contributed by atoms with van der Waals surface area (Å²) in [7, 11) is 0. The molecule has 0 aliphatic rings. The summed E-state index contributed by atoms with van der Waals surface area (Å²) in [6.07, 6.45) is 1.01. The smallest absolute Gasteiger partial charge is 0.335 e. The molecule has 3 N–H and O–H groups in total. The van der Waals surface area contributed by atoms with Crippen LogP contribution in [-0.2, 0) is 13.0 Å². The molecule has 4 aromatic carbocycles. The quantitative estimate of drug-likeness (QED) is 0.174. The third kappa shape index (κ3) is 6.86. The summed E-state index contributed by atoms with van der Waals surface area (Å²) in [5.74, 6) is -0.652. The van der Waals surface area contributed by atoms with Crippen molar-refractivity contribution in [2.24, 2.45) is 0 Å². The molecule has 0 saturated carbocycles. The minimum atomic E-state index is -1.03. The normalized spacial score (nSPS) is 10.7. The van der Waals surface area contributed by atoms with Crippen molar-refractivity contribution in [3.8, 4) is 28.3 Å². The zero-order valence-electron chi connectivity index (χ0n) is 22.7. The van der Waals surface area contributed by atoms with Crippen LogP contribution in [0.5, 0.6) is 5.75 Å². The molecule has 0 aliphatic heterocycles. The maximum atomic E-state index is 13.2. The van der Waals surface area contributed by atoms with Crippen LogP contribution in [-0.4, -0.2) is 38.9 Å². The van der Waals surface area contributed by atoms with Gasteiger partial charge in [0, 0.05) is 23.3 Å². The summed E-state index contributed by atoms with van der Waals surface area (Å²) in [6.45, 7) is 0.430. The van der Waals surface area contributed by atoms with E-state index in [1.165, 1.54) is 6.07 Å². The van der Waals surface area contributed by atoms with Crippen LogP contribution < -0.4 is 10.1 Å². The highest BCUT2D eigenvalue weighted by atomic mass is 16.5. The van der Waals surface area contributed by atoms with Gasteiger partial charge in [-0.1, -0.05) is 60.7 Å². The van der Waals surface area contributed by atoms with Crippen molar-refractivity contribution in [2.45, 2.75) is 19.4 Å². The van der Waals surface area contributed by atoms with Gasteiger partial charge >= 0.3 is 5.97 Å². The minimum Gasteiger partial charge on any atom is -0.489 e. The number of carboxylic acids is 1. The fourth-order valence-corrected chi connectivity index (χ4v) is 4.52. The molecule has 0 fully saturated rings. The number of para-hydroxylation sites is 1. The maximum Gasteiger partial charge on any atom is 0.335 e. The Hall–Kier alpha value is -5.34. The molecule has 1 amide bonds. The molecule has 42 heavy (non-hydrogen) atoms. The van der Waals surface area contributed by atoms with Crippen LogP contribution >= 0.6 is 0 Å². The number of aryl methyl sites for hydroxylation is 1. The number of aromatic nitrogens is 2. The fourth-order valence-electron chi connectivity index (χ4n) is 4.52. The van der Waals surface area contributed by atoms with Gasteiger partial charge in [0.1, 0.15) is 12.4 Å². The highest BCUT2D eigenvalue weighted by Gasteiger charge is 2.16. The number of anilines is 1. The lowest BCUT2D eigenvalue weighted by molar-refractivity contribution is 0.0696. The van der Waals surface area contributed by atoms with E-state index >= 15 is 0 Å². The van der Waals surface area contributed by atoms with Crippen molar-refractivity contribution in [1.82, 2.24) is 10.2 Å². The number of nitrogens with one attached hydrogen (secondary N) is 1. The van der Waals surface area contributed by atoms with Crippen molar-refractivity contribution in [2.75, 3.05) is 11.9 Å². The number of aromatic carboxylic acids is 1. The highest BCUT2D eigenvalue weighted by molar-refractivity contribution is 6.06. The second kappa shape index (κ2) is 13.3. The van der Waals surface area contributed by atoms with Gasteiger partial charge < -0.3 is 20.3 Å². The van der Waals surface area contributed by atoms with Gasteiger partial charge in [-0.3, -0.25) is 4.79 Å². The lowest BCUT2D eigenvalue weighted by Gasteiger charge is -2.14. The van der Waals surface area contributed by atoms with E-state index in [0.29, 0.717) is 59.0 Å². The van der Waals surface area contributed by atoms with E-state index in [1.807, 2.05) is 54.6 Å². The second-order valence-corrected chi connectivity index (χ2v) is 9.61. The number of hydrogen-bond donors (Lipinski definition) is 3. The number of rotatable bonds is 11. The first-order chi connectivity index (χ1) is 20.5. The molecule has 0 unspecified atom stereocenters. The molecule has 0 radical (unpaired) electrons. The predicted molar refractivity (Wildman–Crippen MR) is 160 cm³/mol. The Morgan fingerprint density at radius 3 is 2.31 bits per heavy atom. The topological polar surface area (TPSA) is 122 Å². The van der Waals surface area contributed by atoms with E-state index in [0.717, 1.165) is 11.1 Å². The molecule has 5 aromatic rings. The second-order valence-electron chi connectivity index (χ2n) is 9.61. The third-order valence-electron chi connectivity index (χ3n) is 6.68. The van der Waals surface area contributed by atoms with Gasteiger partial charge in [0.15, 0.2) is 0 Å². The number of carbonyl (C=O) groups is 2. The molecule has 0 atom stereocenters. The summed E-state index contributed by atoms with van der Waals surface area (Å²) >= 11 is 0. The summed E-state index contributed by atoms with van der Waals surface area (Å²) in [5, 5.41) is 30.8. The molecule has 210 valence electrons. The summed E-state index contributed by atoms with van der Waals surface area (Å²) < 4.78 is 5.83. The number of aliphatic hydroxyl groups excluding tert-OH is 1. The zero-order valence-corrected chi connectivity index (χ0v) is 22.7. The van der Waals surface area contributed by atoms with E-state index in [-0.39, 0.29) is 18.1 Å². The van der Waals surface area contributed by atoms with Crippen molar-refractivity contribution in [1.29, 1.82) is 0 Å². The number of ether oxygens (including phenoxy) is 1. The average molecular weight is 560 g/mol. The molecule has 1 heterocycles. The molecule has 0 spiro atoms. The van der Waals surface area contributed by atoms with Gasteiger partial charge in [-0.2, -0.15) is 0 Å². The fraction of sp³-hybridized carbons (Fsp3) is 0.118. The van der Waals surface area contributed by atoms with Crippen LogP contribution in [0.15, 0.2) is 109 Å². The van der Waals surface area contributed by atoms with Gasteiger partial charge in [0.2, 0.25) is 0 Å². The molecule has 5 rings (SSSR count). The number of carboxylic acid groups (broad SMARTS) is 1. The van der Waals surface area contributed by atoms with Crippen molar-refractivity contribution < 1.29 is 24.5 Å². The number of aliphatic hydroxyl groups is 1.